The van der Waals surface area contributed by atoms with Crippen LogP contribution >= 0.6 is 38.6 Å². The molecule has 3 heterocycles. The lowest BCUT2D eigenvalue weighted by Gasteiger charge is -2.07. The van der Waals surface area contributed by atoms with Crippen LogP contribution in [0, 0.1) is 0 Å². The summed E-state index contributed by atoms with van der Waals surface area (Å²) in [7, 11) is 0. The number of rotatable bonds is 3. The van der Waals surface area contributed by atoms with Crippen LogP contribution in [-0.2, 0) is 0 Å². The molecule has 0 saturated carbocycles. The highest BCUT2D eigenvalue weighted by Gasteiger charge is 2.11. The van der Waals surface area contributed by atoms with E-state index >= 15 is 0 Å². The Balaban J connectivity index is 1.89. The monoisotopic (exact) mass is 398 g/mol. The molecule has 0 fully saturated rings. The van der Waals surface area contributed by atoms with Gasteiger partial charge in [0.15, 0.2) is 5.82 Å². The predicted molar refractivity (Wildman–Crippen MR) is 102 cm³/mol. The van der Waals surface area contributed by atoms with Crippen molar-refractivity contribution in [2.24, 2.45) is 0 Å². The first-order chi connectivity index (χ1) is 11.3. The average Bonchev–Trinajstić information content (AvgIpc) is 3.29. The zero-order chi connectivity index (χ0) is 15.6. The molecule has 1 aromatic carbocycles. The van der Waals surface area contributed by atoms with E-state index in [0.29, 0.717) is 0 Å². The Morgan fingerprint density at radius 1 is 0.739 bits per heavy atom. The minimum absolute atomic E-state index is 0.756. The summed E-state index contributed by atoms with van der Waals surface area (Å²) in [6, 6.07) is 18.5. The molecule has 4 aromatic rings. The number of nitrogens with zero attached hydrogens (tertiary/aromatic N) is 2. The first kappa shape index (κ1) is 14.8. The van der Waals surface area contributed by atoms with Gasteiger partial charge in [0.1, 0.15) is 0 Å². The Morgan fingerprint density at radius 3 is 1.78 bits per heavy atom. The molecular formula is C18H11BrN2S2. The van der Waals surface area contributed by atoms with Crippen molar-refractivity contribution in [1.82, 2.24) is 9.97 Å². The second kappa shape index (κ2) is 6.35. The smallest absolute Gasteiger partial charge is 0.160 e. The van der Waals surface area contributed by atoms with E-state index in [1.54, 1.807) is 22.7 Å². The lowest BCUT2D eigenvalue weighted by atomic mass is 10.2. The van der Waals surface area contributed by atoms with E-state index in [9.17, 15) is 0 Å². The molecule has 5 heteroatoms. The van der Waals surface area contributed by atoms with Crippen LogP contribution < -0.4 is 0 Å². The predicted octanol–water partition coefficient (Wildman–Crippen LogP) is 6.36. The van der Waals surface area contributed by atoms with Crippen molar-refractivity contribution in [1.29, 1.82) is 0 Å². The zero-order valence-electron chi connectivity index (χ0n) is 11.9. The third-order valence-corrected chi connectivity index (χ3v) is 5.69. The maximum absolute atomic E-state index is 4.77. The fourth-order valence-electron chi connectivity index (χ4n) is 2.28. The van der Waals surface area contributed by atoms with Gasteiger partial charge in [0.2, 0.25) is 0 Å². The Kier molecular flexibility index (Phi) is 4.08. The third-order valence-electron chi connectivity index (χ3n) is 3.38. The Labute approximate surface area is 150 Å². The molecule has 0 N–H and O–H groups in total. The summed E-state index contributed by atoms with van der Waals surface area (Å²) in [6.07, 6.45) is 0. The quantitative estimate of drug-likeness (QED) is 0.400. The number of aromatic nitrogens is 2. The van der Waals surface area contributed by atoms with Gasteiger partial charge in [-0.15, -0.1) is 22.7 Å². The molecule has 0 atom stereocenters. The molecule has 0 saturated heterocycles. The van der Waals surface area contributed by atoms with Crippen molar-refractivity contribution in [2.75, 3.05) is 0 Å². The largest absolute Gasteiger partial charge is 0.227 e. The van der Waals surface area contributed by atoms with Gasteiger partial charge in [-0.05, 0) is 41.1 Å². The van der Waals surface area contributed by atoms with Gasteiger partial charge in [0, 0.05) is 10.0 Å². The van der Waals surface area contributed by atoms with Gasteiger partial charge in [-0.1, -0.05) is 40.2 Å². The van der Waals surface area contributed by atoms with Gasteiger partial charge in [0.25, 0.3) is 0 Å². The van der Waals surface area contributed by atoms with Gasteiger partial charge < -0.3 is 0 Å². The van der Waals surface area contributed by atoms with Crippen molar-refractivity contribution < 1.29 is 0 Å². The molecular weight excluding hydrogens is 388 g/mol. The second-order valence-electron chi connectivity index (χ2n) is 4.92. The fraction of sp³-hybridized carbons (Fsp3) is 0. The summed E-state index contributed by atoms with van der Waals surface area (Å²) in [4.78, 5) is 11.9. The molecule has 0 spiro atoms. The number of hydrogen-bond donors (Lipinski definition) is 0. The van der Waals surface area contributed by atoms with E-state index in [1.165, 1.54) is 0 Å². The normalized spacial score (nSPS) is 10.8. The number of thiophene rings is 2. The SMILES string of the molecule is Brc1ccc(-c2nc(-c3cccs3)cc(-c3cccs3)n2)cc1. The van der Waals surface area contributed by atoms with Gasteiger partial charge >= 0.3 is 0 Å². The molecule has 0 aliphatic rings. The number of halogens is 1. The van der Waals surface area contributed by atoms with Crippen molar-refractivity contribution >= 4 is 38.6 Å². The maximum atomic E-state index is 4.77. The Hall–Kier alpha value is -1.82. The third kappa shape index (κ3) is 3.13. The second-order valence-corrected chi connectivity index (χ2v) is 7.73. The molecule has 0 bridgehead atoms. The molecule has 3 aromatic heterocycles. The Bertz CT molecular complexity index is 862. The molecule has 23 heavy (non-hydrogen) atoms. The van der Waals surface area contributed by atoms with E-state index in [-0.39, 0.29) is 0 Å². The first-order valence-corrected chi connectivity index (χ1v) is 9.57. The van der Waals surface area contributed by atoms with Crippen LogP contribution in [-0.4, -0.2) is 9.97 Å². The molecule has 112 valence electrons. The highest BCUT2D eigenvalue weighted by molar-refractivity contribution is 9.10. The lowest BCUT2D eigenvalue weighted by Crippen LogP contribution is -1.94. The van der Waals surface area contributed by atoms with Crippen LogP contribution in [0.3, 0.4) is 0 Å². The molecule has 0 aliphatic heterocycles. The van der Waals surface area contributed by atoms with Crippen LogP contribution in [0.1, 0.15) is 0 Å². The summed E-state index contributed by atoms with van der Waals surface area (Å²) in [6.45, 7) is 0. The highest BCUT2D eigenvalue weighted by atomic mass is 79.9. The van der Waals surface area contributed by atoms with Crippen LogP contribution in [0.15, 0.2) is 69.8 Å². The summed E-state index contributed by atoms with van der Waals surface area (Å²) < 4.78 is 1.05. The maximum Gasteiger partial charge on any atom is 0.160 e. The number of benzene rings is 1. The standard InChI is InChI=1S/C18H11BrN2S2/c19-13-7-5-12(6-8-13)18-20-14(16-3-1-9-22-16)11-15(21-18)17-4-2-10-23-17/h1-11H. The van der Waals surface area contributed by atoms with Crippen LogP contribution in [0.4, 0.5) is 0 Å². The lowest BCUT2D eigenvalue weighted by molar-refractivity contribution is 1.19. The van der Waals surface area contributed by atoms with Crippen molar-refractivity contribution in [3.63, 3.8) is 0 Å². The fourth-order valence-corrected chi connectivity index (χ4v) is 3.91. The average molecular weight is 399 g/mol. The summed E-state index contributed by atoms with van der Waals surface area (Å²) in [5, 5.41) is 4.14. The Morgan fingerprint density at radius 2 is 1.30 bits per heavy atom. The molecule has 0 radical (unpaired) electrons. The minimum atomic E-state index is 0.756. The first-order valence-electron chi connectivity index (χ1n) is 7.02. The van der Waals surface area contributed by atoms with Crippen molar-refractivity contribution in [3.05, 3.63) is 69.8 Å². The molecule has 0 amide bonds. The molecule has 0 aliphatic carbocycles. The van der Waals surface area contributed by atoms with Crippen LogP contribution in [0.2, 0.25) is 0 Å². The van der Waals surface area contributed by atoms with Crippen LogP contribution in [0.25, 0.3) is 32.5 Å². The number of hydrogen-bond acceptors (Lipinski definition) is 4. The van der Waals surface area contributed by atoms with E-state index in [2.05, 4.69) is 44.9 Å². The summed E-state index contributed by atoms with van der Waals surface area (Å²) in [5.41, 5.74) is 2.96. The molecule has 0 unspecified atom stereocenters. The van der Waals surface area contributed by atoms with E-state index in [1.807, 2.05) is 36.4 Å². The van der Waals surface area contributed by atoms with Crippen molar-refractivity contribution in [3.8, 4) is 32.5 Å². The van der Waals surface area contributed by atoms with Gasteiger partial charge in [-0.3, -0.25) is 0 Å². The minimum Gasteiger partial charge on any atom is -0.227 e. The summed E-state index contributed by atoms with van der Waals surface area (Å²) >= 11 is 6.86. The van der Waals surface area contributed by atoms with Gasteiger partial charge in [-0.25, -0.2) is 9.97 Å². The summed E-state index contributed by atoms with van der Waals surface area (Å²) in [5.74, 6) is 0.756. The highest BCUT2D eigenvalue weighted by Crippen LogP contribution is 2.31. The van der Waals surface area contributed by atoms with Crippen LogP contribution in [0.5, 0.6) is 0 Å². The molecule has 2 nitrogen and oxygen atoms in total. The van der Waals surface area contributed by atoms with Gasteiger partial charge in [-0.2, -0.15) is 0 Å². The van der Waals surface area contributed by atoms with E-state index < -0.39 is 0 Å². The van der Waals surface area contributed by atoms with E-state index in [0.717, 1.165) is 37.0 Å². The van der Waals surface area contributed by atoms with E-state index in [4.69, 9.17) is 9.97 Å². The topological polar surface area (TPSA) is 25.8 Å². The van der Waals surface area contributed by atoms with Gasteiger partial charge in [0.05, 0.1) is 21.1 Å². The molecule has 4 rings (SSSR count). The zero-order valence-corrected chi connectivity index (χ0v) is 15.2. The van der Waals surface area contributed by atoms with Crippen molar-refractivity contribution in [2.45, 2.75) is 0 Å².